The minimum atomic E-state index is -0.215. The zero-order valence-corrected chi connectivity index (χ0v) is 13.8. The average Bonchev–Trinajstić information content (AvgIpc) is 2.49. The van der Waals surface area contributed by atoms with E-state index in [1.165, 1.54) is 6.92 Å². The Labute approximate surface area is 139 Å². The number of nitrogens with one attached hydrogen (secondary N) is 1. The standard InChI is InChI=1S/C15H18Cl2N2O3/c1-10(20)18-5-4-15(21)19-6-7-22-14(9-19)11-2-3-12(16)13(17)8-11/h2-3,8,14H,4-7,9H2,1H3,(H,18,20). The molecule has 7 heteroatoms. The number of hydrogen-bond donors (Lipinski definition) is 1. The van der Waals surface area contributed by atoms with E-state index in [0.717, 1.165) is 5.56 Å². The smallest absolute Gasteiger partial charge is 0.224 e. The highest BCUT2D eigenvalue weighted by Gasteiger charge is 2.25. The monoisotopic (exact) mass is 344 g/mol. The van der Waals surface area contributed by atoms with Gasteiger partial charge in [-0.25, -0.2) is 0 Å². The van der Waals surface area contributed by atoms with E-state index in [0.29, 0.717) is 36.3 Å². The van der Waals surface area contributed by atoms with Gasteiger partial charge in [-0.2, -0.15) is 0 Å². The highest BCUT2D eigenvalue weighted by molar-refractivity contribution is 6.42. The summed E-state index contributed by atoms with van der Waals surface area (Å²) < 4.78 is 5.72. The van der Waals surface area contributed by atoms with E-state index in [4.69, 9.17) is 27.9 Å². The fraction of sp³-hybridized carbons (Fsp3) is 0.467. The molecular weight excluding hydrogens is 327 g/mol. The normalized spacial score (nSPS) is 18.1. The predicted molar refractivity (Wildman–Crippen MR) is 85.0 cm³/mol. The summed E-state index contributed by atoms with van der Waals surface area (Å²) in [7, 11) is 0. The third-order valence-electron chi connectivity index (χ3n) is 3.45. The number of nitrogens with zero attached hydrogens (tertiary/aromatic N) is 1. The first-order chi connectivity index (χ1) is 10.5. The van der Waals surface area contributed by atoms with Gasteiger partial charge in [0, 0.05) is 26.4 Å². The van der Waals surface area contributed by atoms with Crippen LogP contribution in [0.15, 0.2) is 18.2 Å². The van der Waals surface area contributed by atoms with Crippen molar-refractivity contribution in [3.8, 4) is 0 Å². The summed E-state index contributed by atoms with van der Waals surface area (Å²) in [6, 6.07) is 5.34. The number of ether oxygens (including phenoxy) is 1. The van der Waals surface area contributed by atoms with Crippen LogP contribution < -0.4 is 5.32 Å². The maximum absolute atomic E-state index is 12.1. The second kappa shape index (κ2) is 7.81. The predicted octanol–water partition coefficient (Wildman–Crippen LogP) is 2.42. The van der Waals surface area contributed by atoms with Gasteiger partial charge >= 0.3 is 0 Å². The van der Waals surface area contributed by atoms with Gasteiger partial charge < -0.3 is 15.0 Å². The topological polar surface area (TPSA) is 58.6 Å². The van der Waals surface area contributed by atoms with E-state index in [1.807, 2.05) is 6.07 Å². The van der Waals surface area contributed by atoms with Crippen LogP contribution in [0.1, 0.15) is 25.0 Å². The maximum Gasteiger partial charge on any atom is 0.224 e. The molecule has 1 fully saturated rings. The van der Waals surface area contributed by atoms with Gasteiger partial charge in [0.2, 0.25) is 11.8 Å². The molecule has 1 N–H and O–H groups in total. The number of halogens is 2. The number of amides is 2. The highest BCUT2D eigenvalue weighted by atomic mass is 35.5. The van der Waals surface area contributed by atoms with Crippen LogP contribution in [0.25, 0.3) is 0 Å². The Balaban J connectivity index is 1.94. The summed E-state index contributed by atoms with van der Waals surface area (Å²) >= 11 is 11.9. The number of benzene rings is 1. The van der Waals surface area contributed by atoms with Gasteiger partial charge in [-0.1, -0.05) is 29.3 Å². The lowest BCUT2D eigenvalue weighted by atomic mass is 10.1. The minimum absolute atomic E-state index is 0.00195. The molecule has 1 saturated heterocycles. The van der Waals surface area contributed by atoms with E-state index in [-0.39, 0.29) is 24.3 Å². The number of carbonyl (C=O) groups excluding carboxylic acids is 2. The fourth-order valence-corrected chi connectivity index (χ4v) is 2.60. The Morgan fingerprint density at radius 1 is 1.36 bits per heavy atom. The van der Waals surface area contributed by atoms with Gasteiger partial charge in [0.1, 0.15) is 6.10 Å². The highest BCUT2D eigenvalue weighted by Crippen LogP contribution is 2.29. The van der Waals surface area contributed by atoms with Crippen LogP contribution in [-0.4, -0.2) is 43.0 Å². The van der Waals surface area contributed by atoms with Crippen LogP contribution in [0.2, 0.25) is 10.0 Å². The first kappa shape index (κ1) is 17.1. The maximum atomic E-state index is 12.1. The van der Waals surface area contributed by atoms with Crippen LogP contribution in [-0.2, 0) is 14.3 Å². The minimum Gasteiger partial charge on any atom is -0.370 e. The summed E-state index contributed by atoms with van der Waals surface area (Å²) in [5.41, 5.74) is 0.897. The van der Waals surface area contributed by atoms with Crippen LogP contribution in [0.3, 0.4) is 0 Å². The number of carbonyl (C=O) groups is 2. The second-order valence-electron chi connectivity index (χ2n) is 5.11. The molecule has 0 radical (unpaired) electrons. The third-order valence-corrected chi connectivity index (χ3v) is 4.19. The first-order valence-electron chi connectivity index (χ1n) is 7.06. The van der Waals surface area contributed by atoms with Crippen molar-refractivity contribution < 1.29 is 14.3 Å². The van der Waals surface area contributed by atoms with Crippen molar-refractivity contribution in [2.75, 3.05) is 26.2 Å². The molecule has 0 aliphatic carbocycles. The molecule has 2 amide bonds. The van der Waals surface area contributed by atoms with E-state index >= 15 is 0 Å². The lowest BCUT2D eigenvalue weighted by Crippen LogP contribution is -2.43. The van der Waals surface area contributed by atoms with Crippen LogP contribution in [0.5, 0.6) is 0 Å². The zero-order valence-electron chi connectivity index (χ0n) is 12.3. The Morgan fingerprint density at radius 2 is 2.14 bits per heavy atom. The van der Waals surface area contributed by atoms with Gasteiger partial charge in [-0.05, 0) is 17.7 Å². The summed E-state index contributed by atoms with van der Waals surface area (Å²) in [6.07, 6.45) is 0.0708. The van der Waals surface area contributed by atoms with E-state index in [1.54, 1.807) is 17.0 Å². The molecule has 0 bridgehead atoms. The quantitative estimate of drug-likeness (QED) is 0.912. The summed E-state index contributed by atoms with van der Waals surface area (Å²) in [4.78, 5) is 24.7. The van der Waals surface area contributed by atoms with Crippen molar-refractivity contribution in [3.05, 3.63) is 33.8 Å². The molecule has 120 valence electrons. The average molecular weight is 345 g/mol. The van der Waals surface area contributed by atoms with Crippen molar-refractivity contribution in [1.29, 1.82) is 0 Å². The SMILES string of the molecule is CC(=O)NCCC(=O)N1CCOC(c2ccc(Cl)c(Cl)c2)C1. The van der Waals surface area contributed by atoms with Gasteiger partial charge in [0.05, 0.1) is 23.2 Å². The van der Waals surface area contributed by atoms with Gasteiger partial charge in [-0.3, -0.25) is 9.59 Å². The van der Waals surface area contributed by atoms with E-state index in [9.17, 15) is 9.59 Å². The molecule has 1 aliphatic rings. The number of rotatable bonds is 4. The zero-order chi connectivity index (χ0) is 16.1. The molecule has 1 heterocycles. The van der Waals surface area contributed by atoms with Crippen LogP contribution in [0, 0.1) is 0 Å². The first-order valence-corrected chi connectivity index (χ1v) is 7.81. The number of morpholine rings is 1. The molecule has 1 unspecified atom stereocenters. The molecule has 0 saturated carbocycles. The lowest BCUT2D eigenvalue weighted by Gasteiger charge is -2.33. The van der Waals surface area contributed by atoms with Crippen molar-refractivity contribution in [1.82, 2.24) is 10.2 Å². The summed E-state index contributed by atoms with van der Waals surface area (Å²) in [6.45, 7) is 3.27. The van der Waals surface area contributed by atoms with Crippen molar-refractivity contribution in [2.45, 2.75) is 19.4 Å². The summed E-state index contributed by atoms with van der Waals surface area (Å²) in [5, 5.41) is 3.58. The molecule has 1 aliphatic heterocycles. The molecule has 0 aromatic heterocycles. The largest absolute Gasteiger partial charge is 0.370 e. The Hall–Kier alpha value is -1.30. The van der Waals surface area contributed by atoms with Crippen LogP contribution >= 0.6 is 23.2 Å². The molecule has 1 aromatic rings. The molecule has 2 rings (SSSR count). The van der Waals surface area contributed by atoms with Crippen molar-refractivity contribution >= 4 is 35.0 Å². The van der Waals surface area contributed by atoms with E-state index in [2.05, 4.69) is 5.32 Å². The number of hydrogen-bond acceptors (Lipinski definition) is 3. The Morgan fingerprint density at radius 3 is 2.82 bits per heavy atom. The molecule has 5 nitrogen and oxygen atoms in total. The van der Waals surface area contributed by atoms with Gasteiger partial charge in [0.15, 0.2) is 0 Å². The molecule has 1 aromatic carbocycles. The summed E-state index contributed by atoms with van der Waals surface area (Å²) in [5.74, 6) is -0.134. The van der Waals surface area contributed by atoms with Gasteiger partial charge in [-0.15, -0.1) is 0 Å². The second-order valence-corrected chi connectivity index (χ2v) is 5.92. The molecule has 0 spiro atoms. The molecular formula is C15H18Cl2N2O3. The third kappa shape index (κ3) is 4.60. The lowest BCUT2D eigenvalue weighted by molar-refractivity contribution is -0.139. The Bertz CT molecular complexity index is 566. The van der Waals surface area contributed by atoms with E-state index < -0.39 is 0 Å². The molecule has 22 heavy (non-hydrogen) atoms. The van der Waals surface area contributed by atoms with Gasteiger partial charge in [0.25, 0.3) is 0 Å². The fourth-order valence-electron chi connectivity index (χ4n) is 2.29. The van der Waals surface area contributed by atoms with Crippen molar-refractivity contribution in [2.24, 2.45) is 0 Å². The van der Waals surface area contributed by atoms with Crippen LogP contribution in [0.4, 0.5) is 0 Å². The molecule has 1 atom stereocenters. The van der Waals surface area contributed by atoms with Crippen molar-refractivity contribution in [3.63, 3.8) is 0 Å². The Kier molecular flexibility index (Phi) is 6.06.